The first-order valence-corrected chi connectivity index (χ1v) is 10.9. The molecule has 3 N–H and O–H groups in total. The zero-order valence-electron chi connectivity index (χ0n) is 16.1. The van der Waals surface area contributed by atoms with Gasteiger partial charge >= 0.3 is 0 Å². The highest BCUT2D eigenvalue weighted by atomic mass is 32.1. The molecule has 7 heteroatoms. The maximum absolute atomic E-state index is 14.9. The van der Waals surface area contributed by atoms with Crippen LogP contribution >= 0.6 is 23.1 Å². The Morgan fingerprint density at radius 3 is 2.40 bits per heavy atom. The Morgan fingerprint density at radius 1 is 0.967 bits per heavy atom. The molecule has 1 atom stereocenters. The number of allylic oxidation sites excluding steroid dienone is 2. The quantitative estimate of drug-likeness (QED) is 0.406. The minimum atomic E-state index is -0.645. The molecular formula is C23H18FN3OS2. The summed E-state index contributed by atoms with van der Waals surface area (Å²) in [6.45, 7) is 0. The van der Waals surface area contributed by atoms with E-state index < -0.39 is 5.54 Å². The fourth-order valence-corrected chi connectivity index (χ4v) is 5.69. The molecular weight excluding hydrogens is 417 g/mol. The van der Waals surface area contributed by atoms with Crippen LogP contribution in [0, 0.1) is 5.82 Å². The standard InChI is InChI=1S/C22H14FN3S2.CH4O/c23-17-9-12-1-2-15(17)18-5-6-19(27-18)16-4-3-14(20-21(16)26-28-25-20)13-7-8-22(24,10-12)11-13;1-2/h1-9,11H,10,24H2;2H,1H3/t22-;/m1./s1. The molecule has 9 rings (SSSR count). The van der Waals surface area contributed by atoms with Gasteiger partial charge < -0.3 is 10.8 Å². The Balaban J connectivity index is 0.000000937. The van der Waals surface area contributed by atoms with Crippen molar-refractivity contribution in [2.45, 2.75) is 12.0 Å². The molecule has 0 saturated carbocycles. The van der Waals surface area contributed by atoms with Crippen LogP contribution in [-0.4, -0.2) is 26.5 Å². The molecule has 6 heterocycles. The predicted octanol–water partition coefficient (Wildman–Crippen LogP) is 5.04. The smallest absolute Gasteiger partial charge is 0.132 e. The van der Waals surface area contributed by atoms with Crippen LogP contribution < -0.4 is 5.73 Å². The summed E-state index contributed by atoms with van der Waals surface area (Å²) < 4.78 is 24.0. The van der Waals surface area contributed by atoms with Crippen LogP contribution in [0.25, 0.3) is 37.5 Å². The third kappa shape index (κ3) is 3.02. The third-order valence-electron chi connectivity index (χ3n) is 5.40. The van der Waals surface area contributed by atoms with Gasteiger partial charge in [-0.05, 0) is 35.8 Å². The first-order chi connectivity index (χ1) is 14.6. The van der Waals surface area contributed by atoms with E-state index in [1.54, 1.807) is 17.4 Å². The number of nitrogens with two attached hydrogens (primary N) is 1. The minimum Gasteiger partial charge on any atom is -0.400 e. The lowest BCUT2D eigenvalue weighted by Crippen LogP contribution is -2.36. The highest BCUT2D eigenvalue weighted by Gasteiger charge is 2.27. The lowest BCUT2D eigenvalue weighted by molar-refractivity contribution is 0.399. The summed E-state index contributed by atoms with van der Waals surface area (Å²) in [5.74, 6) is -0.217. The molecule has 0 unspecified atom stereocenters. The maximum Gasteiger partial charge on any atom is 0.132 e. The average Bonchev–Trinajstić information content (AvgIpc) is 3.48. The van der Waals surface area contributed by atoms with Gasteiger partial charge in [-0.3, -0.25) is 0 Å². The number of hydrogen-bond acceptors (Lipinski definition) is 6. The molecule has 8 bridgehead atoms. The summed E-state index contributed by atoms with van der Waals surface area (Å²) in [6.07, 6.45) is 6.61. The van der Waals surface area contributed by atoms with Gasteiger partial charge in [0.1, 0.15) is 16.9 Å². The van der Waals surface area contributed by atoms with Crippen molar-refractivity contribution in [3.05, 3.63) is 77.6 Å². The first kappa shape index (κ1) is 19.3. The van der Waals surface area contributed by atoms with Crippen LogP contribution in [-0.2, 0) is 6.42 Å². The normalized spacial score (nSPS) is 18.7. The van der Waals surface area contributed by atoms with Crippen molar-refractivity contribution in [2.75, 3.05) is 7.11 Å². The lowest BCUT2D eigenvalue weighted by atomic mass is 9.91. The molecule has 0 amide bonds. The fourth-order valence-electron chi connectivity index (χ4n) is 4.06. The van der Waals surface area contributed by atoms with Crippen LogP contribution in [0.4, 0.5) is 4.39 Å². The second kappa shape index (κ2) is 7.21. The number of hydrogen-bond donors (Lipinski definition) is 2. The van der Waals surface area contributed by atoms with Crippen LogP contribution in [0.3, 0.4) is 0 Å². The Morgan fingerprint density at radius 2 is 1.63 bits per heavy atom. The molecule has 0 fully saturated rings. The van der Waals surface area contributed by atoms with E-state index in [0.29, 0.717) is 12.0 Å². The Kier molecular flexibility index (Phi) is 4.63. The van der Waals surface area contributed by atoms with E-state index in [1.165, 1.54) is 11.7 Å². The van der Waals surface area contributed by atoms with Gasteiger partial charge in [0.05, 0.1) is 17.3 Å². The van der Waals surface area contributed by atoms with Gasteiger partial charge in [0, 0.05) is 33.6 Å². The van der Waals surface area contributed by atoms with E-state index in [1.807, 2.05) is 36.4 Å². The molecule has 4 aliphatic heterocycles. The summed E-state index contributed by atoms with van der Waals surface area (Å²) in [4.78, 5) is 1.96. The highest BCUT2D eigenvalue weighted by molar-refractivity contribution is 7.19. The summed E-state index contributed by atoms with van der Waals surface area (Å²) in [5, 5.41) is 7.00. The number of aromatic nitrogens is 2. The Bertz CT molecular complexity index is 1340. The molecule has 4 aromatic rings. The molecule has 4 nitrogen and oxygen atoms in total. The summed E-state index contributed by atoms with van der Waals surface area (Å²) >= 11 is 2.79. The van der Waals surface area contributed by atoms with E-state index in [4.69, 9.17) is 10.8 Å². The van der Waals surface area contributed by atoms with E-state index in [0.717, 1.165) is 50.2 Å². The van der Waals surface area contributed by atoms with Crippen LogP contribution in [0.1, 0.15) is 11.1 Å². The minimum absolute atomic E-state index is 0.217. The first-order valence-electron chi connectivity index (χ1n) is 9.40. The van der Waals surface area contributed by atoms with Gasteiger partial charge in [-0.1, -0.05) is 42.5 Å². The van der Waals surface area contributed by atoms with Crippen molar-refractivity contribution in [3.8, 4) is 20.9 Å². The zero-order valence-corrected chi connectivity index (χ0v) is 17.7. The molecule has 0 spiro atoms. The van der Waals surface area contributed by atoms with E-state index in [9.17, 15) is 4.39 Å². The molecule has 0 saturated heterocycles. The van der Waals surface area contributed by atoms with E-state index >= 15 is 0 Å². The average molecular weight is 436 g/mol. The van der Waals surface area contributed by atoms with Crippen molar-refractivity contribution in [3.63, 3.8) is 0 Å². The predicted molar refractivity (Wildman–Crippen MR) is 122 cm³/mol. The lowest BCUT2D eigenvalue weighted by Gasteiger charge is -2.20. The highest BCUT2D eigenvalue weighted by Crippen LogP contribution is 2.41. The zero-order chi connectivity index (χ0) is 20.9. The second-order valence-corrected chi connectivity index (χ2v) is 8.93. The monoisotopic (exact) mass is 435 g/mol. The summed E-state index contributed by atoms with van der Waals surface area (Å²) in [5.41, 5.74) is 12.3. The fraction of sp³-hybridized carbons (Fsp3) is 0.130. The number of aliphatic hydroxyl groups is 1. The molecule has 30 heavy (non-hydrogen) atoms. The van der Waals surface area contributed by atoms with Crippen LogP contribution in [0.5, 0.6) is 0 Å². The molecule has 1 aliphatic carbocycles. The SMILES string of the molecule is CO.N[C@@]12C=CC(=C1)c1ccc(c3nsnc13)-c1ccc(s1)-c1ccc(cc1F)C2. The third-order valence-corrected chi connectivity index (χ3v) is 7.08. The van der Waals surface area contributed by atoms with Crippen molar-refractivity contribution in [1.29, 1.82) is 0 Å². The summed E-state index contributed by atoms with van der Waals surface area (Å²) in [7, 11) is 1.00. The van der Waals surface area contributed by atoms with Gasteiger partial charge in [-0.25, -0.2) is 4.39 Å². The molecule has 2 aromatic heterocycles. The van der Waals surface area contributed by atoms with Gasteiger partial charge in [0.25, 0.3) is 0 Å². The Labute approximate surface area is 181 Å². The van der Waals surface area contributed by atoms with Crippen LogP contribution in [0.2, 0.25) is 0 Å². The molecule has 2 aromatic carbocycles. The number of nitrogens with zero attached hydrogens (tertiary/aromatic N) is 2. The van der Waals surface area contributed by atoms with Gasteiger partial charge in [-0.15, -0.1) is 11.3 Å². The maximum atomic E-state index is 14.9. The molecule has 5 aliphatic rings. The van der Waals surface area contributed by atoms with Gasteiger partial charge in [-0.2, -0.15) is 8.75 Å². The number of thiophene rings is 1. The van der Waals surface area contributed by atoms with Gasteiger partial charge in [0.2, 0.25) is 0 Å². The van der Waals surface area contributed by atoms with Crippen molar-refractivity contribution in [2.24, 2.45) is 5.73 Å². The van der Waals surface area contributed by atoms with E-state index in [2.05, 4.69) is 27.0 Å². The number of halogens is 1. The number of aliphatic hydroxyl groups excluding tert-OH is 1. The summed E-state index contributed by atoms with van der Waals surface area (Å²) in [6, 6.07) is 13.6. The second-order valence-electron chi connectivity index (χ2n) is 7.32. The molecule has 150 valence electrons. The topological polar surface area (TPSA) is 72.0 Å². The Hall–Kier alpha value is -2.71. The van der Waals surface area contributed by atoms with Crippen molar-refractivity contribution in [1.82, 2.24) is 8.75 Å². The molecule has 0 radical (unpaired) electrons. The number of benzene rings is 2. The van der Waals surface area contributed by atoms with Crippen molar-refractivity contribution >= 4 is 39.7 Å². The van der Waals surface area contributed by atoms with E-state index in [-0.39, 0.29) is 5.82 Å². The largest absolute Gasteiger partial charge is 0.400 e. The number of rotatable bonds is 0. The van der Waals surface area contributed by atoms with Crippen LogP contribution in [0.15, 0.2) is 60.7 Å². The van der Waals surface area contributed by atoms with Gasteiger partial charge in [0.15, 0.2) is 0 Å². The van der Waals surface area contributed by atoms with Crippen molar-refractivity contribution < 1.29 is 9.50 Å².